The van der Waals surface area contributed by atoms with E-state index in [4.69, 9.17) is 37.0 Å². The first-order valence-corrected chi connectivity index (χ1v) is 40.4. The van der Waals surface area contributed by atoms with Crippen LogP contribution in [0.3, 0.4) is 0 Å². The van der Waals surface area contributed by atoms with E-state index < -0.39 is 97.5 Å². The highest BCUT2D eigenvalue weighted by atomic mass is 31.2. The van der Waals surface area contributed by atoms with Crippen LogP contribution >= 0.6 is 15.6 Å². The molecule has 0 saturated carbocycles. The quantitative estimate of drug-likeness (QED) is 0.0222. The summed E-state index contributed by atoms with van der Waals surface area (Å²) in [5.74, 6) is 0.181. The van der Waals surface area contributed by atoms with Gasteiger partial charge in [-0.1, -0.05) is 312 Å². The molecule has 0 aliphatic carbocycles. The highest BCUT2D eigenvalue weighted by molar-refractivity contribution is 7.47. The van der Waals surface area contributed by atoms with Gasteiger partial charge in [0.1, 0.15) is 19.3 Å². The summed E-state index contributed by atoms with van der Waals surface area (Å²) in [7, 11) is -9.90. The van der Waals surface area contributed by atoms with Gasteiger partial charge in [0, 0.05) is 25.7 Å². The molecule has 0 saturated heterocycles. The van der Waals surface area contributed by atoms with Gasteiger partial charge in [-0.2, -0.15) is 0 Å². The number of hydrogen-bond acceptors (Lipinski definition) is 15. The lowest BCUT2D eigenvalue weighted by Crippen LogP contribution is -2.30. The minimum atomic E-state index is -4.95. The Morgan fingerprint density at radius 3 is 0.835 bits per heavy atom. The molecule has 0 aromatic rings. The second-order valence-corrected chi connectivity index (χ2v) is 30.1. The molecule has 91 heavy (non-hydrogen) atoms. The lowest BCUT2D eigenvalue weighted by Gasteiger charge is -2.21. The van der Waals surface area contributed by atoms with Crippen molar-refractivity contribution in [3.63, 3.8) is 0 Å². The zero-order valence-electron chi connectivity index (χ0n) is 59.3. The molecule has 0 heterocycles. The van der Waals surface area contributed by atoms with E-state index in [0.717, 1.165) is 108 Å². The Morgan fingerprint density at radius 2 is 0.560 bits per heavy atom. The number of carbonyl (C=O) groups excluding carboxylic acids is 4. The van der Waals surface area contributed by atoms with Gasteiger partial charge in [0.25, 0.3) is 0 Å². The molecule has 0 amide bonds. The van der Waals surface area contributed by atoms with Gasteiger partial charge in [0.15, 0.2) is 12.2 Å². The molecule has 0 radical (unpaired) electrons. The Morgan fingerprint density at radius 1 is 0.319 bits per heavy atom. The van der Waals surface area contributed by atoms with Crippen LogP contribution in [0.5, 0.6) is 0 Å². The summed E-state index contributed by atoms with van der Waals surface area (Å²) in [5, 5.41) is 10.6. The molecule has 540 valence electrons. The molecule has 0 aliphatic heterocycles. The number of unbranched alkanes of at least 4 members (excludes halogenated alkanes) is 37. The van der Waals surface area contributed by atoms with E-state index in [1.54, 1.807) is 0 Å². The SMILES string of the molecule is CCCCCCCCCCCCCC(=O)OC[C@H](COP(=O)(O)OC[C@H](O)COP(=O)(O)OC[C@@H](COC(=O)CCCCCCCCCCCCC(C)CC)OC(=O)CCCCCCCCCCCCCCC(C)C)OC(=O)CCCCCCCCCCC(C)C. The van der Waals surface area contributed by atoms with E-state index in [-0.39, 0.29) is 25.7 Å². The minimum absolute atomic E-state index is 0.104. The minimum Gasteiger partial charge on any atom is -0.462 e. The van der Waals surface area contributed by atoms with E-state index in [1.165, 1.54) is 173 Å². The molecule has 3 N–H and O–H groups in total. The van der Waals surface area contributed by atoms with Gasteiger partial charge in [-0.3, -0.25) is 37.3 Å². The third-order valence-corrected chi connectivity index (χ3v) is 18.9. The topological polar surface area (TPSA) is 237 Å². The standard InChI is InChI=1S/C72H140O17P2/c1-8-10-11-12-13-14-17-24-32-39-46-53-69(74)82-60-68(89-72(77)56-49-42-35-28-27-30-37-44-51-64(5)6)62-87-91(80,81)85-58-66(73)57-84-90(78,79)86-61-67(59-83-70(75)54-47-40-33-25-21-20-23-31-38-45-52-65(7)9-2)88-71(76)55-48-41-34-26-19-16-15-18-22-29-36-43-50-63(3)4/h63-68,73H,8-62H2,1-7H3,(H,78,79)(H,80,81)/t65?,66-,67-,68-/m1/s1. The summed E-state index contributed by atoms with van der Waals surface area (Å²) in [6, 6.07) is 0. The van der Waals surface area contributed by atoms with Crippen molar-refractivity contribution in [2.75, 3.05) is 39.6 Å². The number of rotatable bonds is 70. The van der Waals surface area contributed by atoms with Gasteiger partial charge in [0.05, 0.1) is 26.4 Å². The molecule has 0 rings (SSSR count). The molecule has 3 unspecified atom stereocenters. The average Bonchev–Trinajstić information content (AvgIpc) is 3.72. The Hall–Kier alpha value is -1.94. The third kappa shape index (κ3) is 65.1. The molecule has 0 aromatic carbocycles. The first-order valence-electron chi connectivity index (χ1n) is 37.4. The number of phosphoric ester groups is 2. The number of phosphoric acid groups is 2. The van der Waals surface area contributed by atoms with Gasteiger partial charge < -0.3 is 33.8 Å². The van der Waals surface area contributed by atoms with Gasteiger partial charge in [-0.25, -0.2) is 9.13 Å². The van der Waals surface area contributed by atoms with Crippen molar-refractivity contribution in [3.05, 3.63) is 0 Å². The van der Waals surface area contributed by atoms with Gasteiger partial charge >= 0.3 is 39.5 Å². The zero-order valence-corrected chi connectivity index (χ0v) is 61.1. The Labute approximate surface area is 556 Å². The number of aliphatic hydroxyl groups excluding tert-OH is 1. The third-order valence-electron chi connectivity index (χ3n) is 17.0. The molecule has 0 spiro atoms. The number of hydrogen-bond donors (Lipinski definition) is 3. The molecule has 0 bridgehead atoms. The summed E-state index contributed by atoms with van der Waals surface area (Å²) in [6.07, 6.45) is 47.0. The summed E-state index contributed by atoms with van der Waals surface area (Å²) < 4.78 is 68.4. The number of carbonyl (C=O) groups is 4. The highest BCUT2D eigenvalue weighted by Crippen LogP contribution is 2.45. The van der Waals surface area contributed by atoms with Crippen LogP contribution in [0, 0.1) is 17.8 Å². The maximum Gasteiger partial charge on any atom is 0.472 e. The van der Waals surface area contributed by atoms with Crippen LogP contribution in [0.4, 0.5) is 0 Å². The Bertz CT molecular complexity index is 1790. The fraction of sp³-hybridized carbons (Fsp3) is 0.944. The predicted octanol–water partition coefficient (Wildman–Crippen LogP) is 20.6. The Balaban J connectivity index is 5.26. The maximum absolute atomic E-state index is 13.0. The van der Waals surface area contributed by atoms with Crippen molar-refractivity contribution in [1.29, 1.82) is 0 Å². The van der Waals surface area contributed by atoms with Crippen molar-refractivity contribution in [2.45, 2.75) is 381 Å². The van der Waals surface area contributed by atoms with E-state index in [0.29, 0.717) is 25.7 Å². The first-order chi connectivity index (χ1) is 43.8. The molecular weight excluding hydrogens is 1200 g/mol. The van der Waals surface area contributed by atoms with E-state index in [2.05, 4.69) is 48.5 Å². The van der Waals surface area contributed by atoms with Crippen LogP contribution in [0.25, 0.3) is 0 Å². The summed E-state index contributed by atoms with van der Waals surface area (Å²) in [6.45, 7) is 11.9. The second-order valence-electron chi connectivity index (χ2n) is 27.2. The average molecular weight is 1340 g/mol. The highest BCUT2D eigenvalue weighted by Gasteiger charge is 2.30. The van der Waals surface area contributed by atoms with Crippen molar-refractivity contribution in [1.82, 2.24) is 0 Å². The summed E-state index contributed by atoms with van der Waals surface area (Å²) in [5.41, 5.74) is 0. The molecule has 0 fully saturated rings. The predicted molar refractivity (Wildman–Crippen MR) is 368 cm³/mol. The smallest absolute Gasteiger partial charge is 0.462 e. The fourth-order valence-corrected chi connectivity index (χ4v) is 12.4. The molecule has 0 aromatic heterocycles. The van der Waals surface area contributed by atoms with Crippen molar-refractivity contribution >= 4 is 39.5 Å². The largest absolute Gasteiger partial charge is 0.472 e. The first kappa shape index (κ1) is 89.1. The van der Waals surface area contributed by atoms with Crippen LogP contribution in [-0.2, 0) is 65.4 Å². The number of aliphatic hydroxyl groups is 1. The Kier molecular flexibility index (Phi) is 61.5. The van der Waals surface area contributed by atoms with Crippen LogP contribution in [-0.4, -0.2) is 96.7 Å². The molecule has 6 atom stereocenters. The fourth-order valence-electron chi connectivity index (χ4n) is 10.9. The maximum atomic E-state index is 13.0. The summed E-state index contributed by atoms with van der Waals surface area (Å²) in [4.78, 5) is 72.6. The van der Waals surface area contributed by atoms with Crippen molar-refractivity contribution < 1.29 is 80.2 Å². The van der Waals surface area contributed by atoms with Crippen LogP contribution < -0.4 is 0 Å². The van der Waals surface area contributed by atoms with E-state index in [9.17, 15) is 43.2 Å². The number of ether oxygens (including phenoxy) is 4. The van der Waals surface area contributed by atoms with Gasteiger partial charge in [-0.05, 0) is 43.4 Å². The van der Waals surface area contributed by atoms with Crippen LogP contribution in [0.1, 0.15) is 363 Å². The lowest BCUT2D eigenvalue weighted by atomic mass is 9.99. The molecular formula is C72H140O17P2. The molecule has 19 heteroatoms. The van der Waals surface area contributed by atoms with Crippen LogP contribution in [0.15, 0.2) is 0 Å². The second kappa shape index (κ2) is 62.8. The van der Waals surface area contributed by atoms with Crippen LogP contribution in [0.2, 0.25) is 0 Å². The van der Waals surface area contributed by atoms with Crippen molar-refractivity contribution in [3.8, 4) is 0 Å². The zero-order chi connectivity index (χ0) is 67.3. The summed E-state index contributed by atoms with van der Waals surface area (Å²) >= 11 is 0. The number of esters is 4. The van der Waals surface area contributed by atoms with E-state index in [1.807, 2.05) is 0 Å². The molecule has 0 aliphatic rings. The van der Waals surface area contributed by atoms with Crippen molar-refractivity contribution in [2.24, 2.45) is 17.8 Å². The molecule has 17 nitrogen and oxygen atoms in total. The van der Waals surface area contributed by atoms with Gasteiger partial charge in [0.2, 0.25) is 0 Å². The van der Waals surface area contributed by atoms with Gasteiger partial charge in [-0.15, -0.1) is 0 Å². The monoisotopic (exact) mass is 1340 g/mol. The lowest BCUT2D eigenvalue weighted by molar-refractivity contribution is -0.161. The van der Waals surface area contributed by atoms with E-state index >= 15 is 0 Å². The normalized spacial score (nSPS) is 14.5.